The van der Waals surface area contributed by atoms with Gasteiger partial charge in [-0.05, 0) is 29.9 Å². The standard InChI is InChI=1S/C14H20O/c1-2-12-8-3-4-9-13(12)14(15)10-11-6-5-7-11/h3-4,8-9,11,14-15H,2,5-7,10H2,1H3. The van der Waals surface area contributed by atoms with Crippen molar-refractivity contribution >= 4 is 0 Å². The Morgan fingerprint density at radius 3 is 2.67 bits per heavy atom. The van der Waals surface area contributed by atoms with E-state index in [0.29, 0.717) is 0 Å². The van der Waals surface area contributed by atoms with Crippen LogP contribution in [0, 0.1) is 5.92 Å². The highest BCUT2D eigenvalue weighted by Crippen LogP contribution is 2.35. The minimum absolute atomic E-state index is 0.244. The highest BCUT2D eigenvalue weighted by atomic mass is 16.3. The molecular formula is C14H20O. The minimum atomic E-state index is -0.244. The predicted molar refractivity (Wildman–Crippen MR) is 62.7 cm³/mol. The first kappa shape index (κ1) is 10.7. The molecule has 1 fully saturated rings. The molecule has 0 saturated heterocycles. The van der Waals surface area contributed by atoms with Gasteiger partial charge in [-0.3, -0.25) is 0 Å². The Morgan fingerprint density at radius 2 is 2.07 bits per heavy atom. The Labute approximate surface area is 92.1 Å². The van der Waals surface area contributed by atoms with Crippen molar-refractivity contribution in [3.63, 3.8) is 0 Å². The molecule has 1 heteroatoms. The van der Waals surface area contributed by atoms with Crippen LogP contribution in [0.2, 0.25) is 0 Å². The molecule has 2 rings (SSSR count). The van der Waals surface area contributed by atoms with E-state index in [0.717, 1.165) is 24.3 Å². The Balaban J connectivity index is 2.05. The number of hydrogen-bond donors (Lipinski definition) is 1. The molecular weight excluding hydrogens is 184 g/mol. The first-order chi connectivity index (χ1) is 7.31. The number of hydrogen-bond acceptors (Lipinski definition) is 1. The molecule has 1 nitrogen and oxygen atoms in total. The van der Waals surface area contributed by atoms with Gasteiger partial charge in [0, 0.05) is 0 Å². The molecule has 0 bridgehead atoms. The second-order valence-electron chi connectivity index (χ2n) is 4.60. The zero-order chi connectivity index (χ0) is 10.7. The zero-order valence-corrected chi connectivity index (χ0v) is 9.45. The lowest BCUT2D eigenvalue weighted by molar-refractivity contribution is 0.118. The van der Waals surface area contributed by atoms with Gasteiger partial charge in [0.05, 0.1) is 6.10 Å². The van der Waals surface area contributed by atoms with Gasteiger partial charge in [0.1, 0.15) is 0 Å². The van der Waals surface area contributed by atoms with Crippen molar-refractivity contribution in [2.75, 3.05) is 0 Å². The molecule has 1 N–H and O–H groups in total. The smallest absolute Gasteiger partial charge is 0.0795 e. The summed E-state index contributed by atoms with van der Waals surface area (Å²) in [5.74, 6) is 0.768. The molecule has 1 aromatic carbocycles. The molecule has 0 aliphatic heterocycles. The van der Waals surface area contributed by atoms with Crippen LogP contribution in [0.15, 0.2) is 24.3 Å². The second-order valence-corrected chi connectivity index (χ2v) is 4.60. The van der Waals surface area contributed by atoms with Crippen LogP contribution < -0.4 is 0 Å². The highest BCUT2D eigenvalue weighted by Gasteiger charge is 2.22. The maximum Gasteiger partial charge on any atom is 0.0795 e. The van der Waals surface area contributed by atoms with Gasteiger partial charge >= 0.3 is 0 Å². The molecule has 0 amide bonds. The second kappa shape index (κ2) is 4.80. The number of rotatable bonds is 4. The van der Waals surface area contributed by atoms with Gasteiger partial charge < -0.3 is 5.11 Å². The Hall–Kier alpha value is -0.820. The van der Waals surface area contributed by atoms with Crippen LogP contribution >= 0.6 is 0 Å². The summed E-state index contributed by atoms with van der Waals surface area (Å²) >= 11 is 0. The number of benzene rings is 1. The summed E-state index contributed by atoms with van der Waals surface area (Å²) in [5.41, 5.74) is 2.44. The molecule has 1 aliphatic rings. The van der Waals surface area contributed by atoms with Gasteiger partial charge in [0.2, 0.25) is 0 Å². The third-order valence-corrected chi connectivity index (χ3v) is 3.58. The van der Waals surface area contributed by atoms with Crippen LogP contribution in [0.25, 0.3) is 0 Å². The molecule has 1 unspecified atom stereocenters. The van der Waals surface area contributed by atoms with Gasteiger partial charge in [-0.2, -0.15) is 0 Å². The molecule has 1 aliphatic carbocycles. The third kappa shape index (κ3) is 2.40. The number of aliphatic hydroxyl groups excluding tert-OH is 1. The lowest BCUT2D eigenvalue weighted by atomic mass is 9.80. The largest absolute Gasteiger partial charge is 0.388 e. The van der Waals surface area contributed by atoms with E-state index < -0.39 is 0 Å². The first-order valence-corrected chi connectivity index (χ1v) is 6.07. The van der Waals surface area contributed by atoms with Crippen LogP contribution in [-0.2, 0) is 6.42 Å². The van der Waals surface area contributed by atoms with E-state index >= 15 is 0 Å². The van der Waals surface area contributed by atoms with Crippen LogP contribution in [0.1, 0.15) is 49.8 Å². The van der Waals surface area contributed by atoms with E-state index in [9.17, 15) is 5.11 Å². The number of aliphatic hydroxyl groups is 1. The fraction of sp³-hybridized carbons (Fsp3) is 0.571. The van der Waals surface area contributed by atoms with Crippen LogP contribution in [0.3, 0.4) is 0 Å². The third-order valence-electron chi connectivity index (χ3n) is 3.58. The Kier molecular flexibility index (Phi) is 3.42. The first-order valence-electron chi connectivity index (χ1n) is 6.07. The van der Waals surface area contributed by atoms with Crippen LogP contribution in [-0.4, -0.2) is 5.11 Å². The molecule has 0 radical (unpaired) electrons. The van der Waals surface area contributed by atoms with Crippen LogP contribution in [0.5, 0.6) is 0 Å². The molecule has 1 saturated carbocycles. The molecule has 0 aromatic heterocycles. The lowest BCUT2D eigenvalue weighted by Gasteiger charge is -2.28. The lowest BCUT2D eigenvalue weighted by Crippen LogP contribution is -2.15. The van der Waals surface area contributed by atoms with Crippen molar-refractivity contribution in [1.82, 2.24) is 0 Å². The van der Waals surface area contributed by atoms with Gasteiger partial charge in [0.15, 0.2) is 0 Å². The molecule has 1 atom stereocenters. The van der Waals surface area contributed by atoms with Crippen molar-refractivity contribution < 1.29 is 5.11 Å². The zero-order valence-electron chi connectivity index (χ0n) is 9.45. The predicted octanol–water partition coefficient (Wildman–Crippen LogP) is 3.47. The van der Waals surface area contributed by atoms with E-state index in [1.165, 1.54) is 24.8 Å². The molecule has 0 spiro atoms. The normalized spacial score (nSPS) is 18.5. The van der Waals surface area contributed by atoms with Crippen LogP contribution in [0.4, 0.5) is 0 Å². The average Bonchev–Trinajstić information content (AvgIpc) is 2.23. The average molecular weight is 204 g/mol. The quantitative estimate of drug-likeness (QED) is 0.796. The minimum Gasteiger partial charge on any atom is -0.388 e. The maximum atomic E-state index is 10.2. The SMILES string of the molecule is CCc1ccccc1C(O)CC1CCC1. The highest BCUT2D eigenvalue weighted by molar-refractivity contribution is 5.29. The van der Waals surface area contributed by atoms with Crippen molar-refractivity contribution in [3.8, 4) is 0 Å². The van der Waals surface area contributed by atoms with E-state index in [1.54, 1.807) is 0 Å². The van der Waals surface area contributed by atoms with Crippen molar-refractivity contribution in [1.29, 1.82) is 0 Å². The summed E-state index contributed by atoms with van der Waals surface area (Å²) in [7, 11) is 0. The van der Waals surface area contributed by atoms with Gasteiger partial charge in [-0.25, -0.2) is 0 Å². The van der Waals surface area contributed by atoms with Gasteiger partial charge in [-0.1, -0.05) is 50.5 Å². The fourth-order valence-corrected chi connectivity index (χ4v) is 2.35. The molecule has 15 heavy (non-hydrogen) atoms. The Morgan fingerprint density at radius 1 is 1.33 bits per heavy atom. The summed E-state index contributed by atoms with van der Waals surface area (Å²) in [4.78, 5) is 0. The monoisotopic (exact) mass is 204 g/mol. The molecule has 0 heterocycles. The van der Waals surface area contributed by atoms with E-state index in [-0.39, 0.29) is 6.10 Å². The summed E-state index contributed by atoms with van der Waals surface area (Å²) in [6, 6.07) is 8.28. The maximum absolute atomic E-state index is 10.2. The van der Waals surface area contributed by atoms with Crippen molar-refractivity contribution in [2.45, 2.75) is 45.1 Å². The summed E-state index contributed by atoms with van der Waals surface area (Å²) in [6.45, 7) is 2.15. The summed E-state index contributed by atoms with van der Waals surface area (Å²) in [6.07, 6.45) is 5.70. The topological polar surface area (TPSA) is 20.2 Å². The fourth-order valence-electron chi connectivity index (χ4n) is 2.35. The number of aryl methyl sites for hydroxylation is 1. The summed E-state index contributed by atoms with van der Waals surface area (Å²) in [5, 5.41) is 10.2. The molecule has 1 aromatic rings. The molecule has 82 valence electrons. The Bertz CT molecular complexity index is 315. The summed E-state index contributed by atoms with van der Waals surface area (Å²) < 4.78 is 0. The van der Waals surface area contributed by atoms with Crippen molar-refractivity contribution in [2.24, 2.45) is 5.92 Å². The van der Waals surface area contributed by atoms with E-state index in [1.807, 2.05) is 6.07 Å². The van der Waals surface area contributed by atoms with E-state index in [2.05, 4.69) is 25.1 Å². The van der Waals surface area contributed by atoms with Gasteiger partial charge in [0.25, 0.3) is 0 Å². The van der Waals surface area contributed by atoms with Crippen molar-refractivity contribution in [3.05, 3.63) is 35.4 Å². The van der Waals surface area contributed by atoms with E-state index in [4.69, 9.17) is 0 Å². The van der Waals surface area contributed by atoms with Gasteiger partial charge in [-0.15, -0.1) is 0 Å².